The highest BCUT2D eigenvalue weighted by atomic mass is 79.9. The molecule has 2 rings (SSSR count). The molecule has 1 aliphatic carbocycles. The van der Waals surface area contributed by atoms with Crippen molar-refractivity contribution in [3.8, 4) is 0 Å². The Bertz CT molecular complexity index is 454. The lowest BCUT2D eigenvalue weighted by atomic mass is 9.65. The quantitative estimate of drug-likeness (QED) is 0.857. The van der Waals surface area contributed by atoms with Crippen LogP contribution in [0.3, 0.4) is 0 Å². The van der Waals surface area contributed by atoms with Gasteiger partial charge in [0.05, 0.1) is 6.10 Å². The molecule has 0 aromatic heterocycles. The Kier molecular flexibility index (Phi) is 4.93. The van der Waals surface area contributed by atoms with Gasteiger partial charge in [0, 0.05) is 21.5 Å². The van der Waals surface area contributed by atoms with E-state index >= 15 is 0 Å². The molecule has 1 saturated carbocycles. The molecule has 4 heteroatoms. The first-order valence-corrected chi connectivity index (χ1v) is 7.99. The molecule has 0 radical (unpaired) electrons. The summed E-state index contributed by atoms with van der Waals surface area (Å²) in [5.74, 6) is 0.616. The van der Waals surface area contributed by atoms with Crippen LogP contribution in [0.5, 0.6) is 0 Å². The molecule has 1 aliphatic rings. The minimum atomic E-state index is -0.562. The first-order chi connectivity index (χ1) is 8.98. The standard InChI is InChI=1S/C15H21BrClNO/c1-10-3-2-6-15(8-10,9-18)14(19)12-7-11(17)4-5-13(12)16/h4-5,7,10,14,19H,2-3,6,8-9,18H2,1H3. The topological polar surface area (TPSA) is 46.2 Å². The van der Waals surface area contributed by atoms with E-state index in [1.807, 2.05) is 18.2 Å². The summed E-state index contributed by atoms with van der Waals surface area (Å²) in [6.45, 7) is 2.75. The number of nitrogens with two attached hydrogens (primary N) is 1. The Balaban J connectivity index is 2.34. The van der Waals surface area contributed by atoms with Crippen molar-refractivity contribution in [3.63, 3.8) is 0 Å². The maximum Gasteiger partial charge on any atom is 0.0869 e. The van der Waals surface area contributed by atoms with Gasteiger partial charge in [-0.1, -0.05) is 47.3 Å². The second-order valence-corrected chi connectivity index (χ2v) is 7.13. The highest BCUT2D eigenvalue weighted by Gasteiger charge is 2.41. The Labute approximate surface area is 128 Å². The van der Waals surface area contributed by atoms with Crippen molar-refractivity contribution in [2.24, 2.45) is 17.1 Å². The van der Waals surface area contributed by atoms with E-state index in [4.69, 9.17) is 17.3 Å². The summed E-state index contributed by atoms with van der Waals surface area (Å²) in [7, 11) is 0. The predicted octanol–water partition coefficient (Wildman–Crippen LogP) is 4.29. The van der Waals surface area contributed by atoms with Crippen molar-refractivity contribution in [1.29, 1.82) is 0 Å². The molecule has 1 aromatic carbocycles. The average Bonchev–Trinajstić information content (AvgIpc) is 2.40. The first kappa shape index (κ1) is 15.3. The van der Waals surface area contributed by atoms with Crippen molar-refractivity contribution in [1.82, 2.24) is 0 Å². The number of hydrogen-bond donors (Lipinski definition) is 2. The van der Waals surface area contributed by atoms with E-state index in [0.717, 1.165) is 29.3 Å². The zero-order valence-electron chi connectivity index (χ0n) is 11.2. The summed E-state index contributed by atoms with van der Waals surface area (Å²) >= 11 is 9.56. The molecule has 3 atom stereocenters. The first-order valence-electron chi connectivity index (χ1n) is 6.81. The van der Waals surface area contributed by atoms with Crippen LogP contribution >= 0.6 is 27.5 Å². The molecule has 0 amide bonds. The van der Waals surface area contributed by atoms with E-state index in [1.54, 1.807) is 0 Å². The van der Waals surface area contributed by atoms with Gasteiger partial charge in [-0.05, 0) is 42.5 Å². The SMILES string of the molecule is CC1CCCC(CN)(C(O)c2cc(Cl)ccc2Br)C1. The van der Waals surface area contributed by atoms with E-state index in [1.165, 1.54) is 6.42 Å². The fraction of sp³-hybridized carbons (Fsp3) is 0.600. The van der Waals surface area contributed by atoms with Gasteiger partial charge < -0.3 is 10.8 Å². The van der Waals surface area contributed by atoms with Gasteiger partial charge in [-0.15, -0.1) is 0 Å². The van der Waals surface area contributed by atoms with Crippen LogP contribution in [0.25, 0.3) is 0 Å². The third-order valence-corrected chi connectivity index (χ3v) is 5.32. The van der Waals surface area contributed by atoms with Gasteiger partial charge >= 0.3 is 0 Å². The summed E-state index contributed by atoms with van der Waals surface area (Å²) in [5, 5.41) is 11.5. The minimum absolute atomic E-state index is 0.217. The van der Waals surface area contributed by atoms with Crippen LogP contribution in [0.4, 0.5) is 0 Å². The minimum Gasteiger partial charge on any atom is -0.388 e. The van der Waals surface area contributed by atoms with Gasteiger partial charge in [-0.3, -0.25) is 0 Å². The summed E-state index contributed by atoms with van der Waals surface area (Å²) < 4.78 is 0.899. The number of halogens is 2. The lowest BCUT2D eigenvalue weighted by Gasteiger charge is -2.43. The maximum atomic E-state index is 10.9. The largest absolute Gasteiger partial charge is 0.388 e. The number of hydrogen-bond acceptors (Lipinski definition) is 2. The smallest absolute Gasteiger partial charge is 0.0869 e. The average molecular weight is 347 g/mol. The van der Waals surface area contributed by atoms with Gasteiger partial charge in [-0.2, -0.15) is 0 Å². The van der Waals surface area contributed by atoms with Crippen LogP contribution in [0.1, 0.15) is 44.3 Å². The lowest BCUT2D eigenvalue weighted by Crippen LogP contribution is -2.40. The van der Waals surface area contributed by atoms with Crippen molar-refractivity contribution in [3.05, 3.63) is 33.3 Å². The Hall–Kier alpha value is -0.0900. The van der Waals surface area contributed by atoms with E-state index in [2.05, 4.69) is 22.9 Å². The predicted molar refractivity (Wildman–Crippen MR) is 83.2 cm³/mol. The monoisotopic (exact) mass is 345 g/mol. The van der Waals surface area contributed by atoms with Crippen molar-refractivity contribution >= 4 is 27.5 Å². The molecular formula is C15H21BrClNO. The molecule has 0 aliphatic heterocycles. The van der Waals surface area contributed by atoms with Crippen LogP contribution in [-0.4, -0.2) is 11.7 Å². The van der Waals surface area contributed by atoms with Crippen LogP contribution in [0.2, 0.25) is 5.02 Å². The van der Waals surface area contributed by atoms with Crippen molar-refractivity contribution in [2.45, 2.75) is 38.7 Å². The van der Waals surface area contributed by atoms with E-state index in [0.29, 0.717) is 17.5 Å². The third kappa shape index (κ3) is 3.15. The third-order valence-electron chi connectivity index (χ3n) is 4.37. The molecule has 3 unspecified atom stereocenters. The van der Waals surface area contributed by atoms with Gasteiger partial charge in [0.25, 0.3) is 0 Å². The van der Waals surface area contributed by atoms with Crippen LogP contribution in [0, 0.1) is 11.3 Å². The fourth-order valence-electron chi connectivity index (χ4n) is 3.30. The highest BCUT2D eigenvalue weighted by molar-refractivity contribution is 9.10. The summed E-state index contributed by atoms with van der Waals surface area (Å²) in [6, 6.07) is 5.55. The molecule has 0 heterocycles. The number of aliphatic hydroxyl groups excluding tert-OH is 1. The molecule has 2 nitrogen and oxygen atoms in total. The molecule has 19 heavy (non-hydrogen) atoms. The van der Waals surface area contributed by atoms with Crippen molar-refractivity contribution < 1.29 is 5.11 Å². The van der Waals surface area contributed by atoms with Crippen LogP contribution in [-0.2, 0) is 0 Å². The summed E-state index contributed by atoms with van der Waals surface area (Å²) in [4.78, 5) is 0. The summed E-state index contributed by atoms with van der Waals surface area (Å²) in [6.07, 6.45) is 3.75. The second-order valence-electron chi connectivity index (χ2n) is 5.84. The molecule has 1 aromatic rings. The molecule has 0 bridgehead atoms. The van der Waals surface area contributed by atoms with Crippen LogP contribution in [0.15, 0.2) is 22.7 Å². The van der Waals surface area contributed by atoms with Gasteiger partial charge in [0.15, 0.2) is 0 Å². The van der Waals surface area contributed by atoms with Crippen molar-refractivity contribution in [2.75, 3.05) is 6.54 Å². The molecule has 0 spiro atoms. The highest BCUT2D eigenvalue weighted by Crippen LogP contribution is 2.48. The van der Waals surface area contributed by atoms with Gasteiger partial charge in [0.2, 0.25) is 0 Å². The normalized spacial score (nSPS) is 29.2. The Morgan fingerprint density at radius 3 is 2.95 bits per heavy atom. The van der Waals surface area contributed by atoms with Gasteiger partial charge in [0.1, 0.15) is 0 Å². The maximum absolute atomic E-state index is 10.9. The van der Waals surface area contributed by atoms with E-state index in [9.17, 15) is 5.11 Å². The summed E-state index contributed by atoms with van der Waals surface area (Å²) in [5.41, 5.74) is 6.65. The Morgan fingerprint density at radius 1 is 1.58 bits per heavy atom. The number of aliphatic hydroxyl groups is 1. The molecular weight excluding hydrogens is 326 g/mol. The van der Waals surface area contributed by atoms with Gasteiger partial charge in [-0.25, -0.2) is 0 Å². The second kappa shape index (κ2) is 6.13. The number of benzene rings is 1. The zero-order valence-corrected chi connectivity index (χ0v) is 13.5. The molecule has 0 saturated heterocycles. The molecule has 3 N–H and O–H groups in total. The lowest BCUT2D eigenvalue weighted by molar-refractivity contribution is -0.0134. The van der Waals surface area contributed by atoms with Crippen LogP contribution < -0.4 is 5.73 Å². The van der Waals surface area contributed by atoms with E-state index in [-0.39, 0.29) is 5.41 Å². The Morgan fingerprint density at radius 2 is 2.32 bits per heavy atom. The number of rotatable bonds is 3. The zero-order chi connectivity index (χ0) is 14.0. The molecule has 1 fully saturated rings. The van der Waals surface area contributed by atoms with E-state index < -0.39 is 6.10 Å². The molecule has 106 valence electrons. The fourth-order valence-corrected chi connectivity index (χ4v) is 3.94.